The van der Waals surface area contributed by atoms with Crippen LogP contribution in [0.25, 0.3) is 0 Å². The van der Waals surface area contributed by atoms with Crippen molar-refractivity contribution in [3.8, 4) is 11.5 Å². The van der Waals surface area contributed by atoms with Crippen molar-refractivity contribution in [2.24, 2.45) is 0 Å². The van der Waals surface area contributed by atoms with Crippen molar-refractivity contribution in [3.05, 3.63) is 107 Å². The lowest BCUT2D eigenvalue weighted by atomic mass is 9.92. The van der Waals surface area contributed by atoms with E-state index < -0.39 is 42.0 Å². The van der Waals surface area contributed by atoms with Gasteiger partial charge in [-0.05, 0) is 54.2 Å². The number of carbonyl (C=O) groups excluding carboxylic acids is 3. The Hall–Kier alpha value is -5.69. The second-order valence-electron chi connectivity index (χ2n) is 11.3. The fraction of sp³-hybridized carbons (Fsp3) is 0.324. The molecule has 4 rings (SSSR count). The SMILES string of the molecule is COC(=O)C(CCc1ccccc1)N[C@@H](C)C(=O)N1Cc2cc(OC)c(OC)cc2C[C@H]1C(=O)OCc1ccccc1.O=C(O)/C=C\C(=O)O. The van der Waals surface area contributed by atoms with Crippen LogP contribution in [0.5, 0.6) is 11.5 Å². The highest BCUT2D eigenvalue weighted by Gasteiger charge is 2.39. The van der Waals surface area contributed by atoms with Crippen LogP contribution in [0, 0.1) is 0 Å². The van der Waals surface area contributed by atoms with Crippen LogP contribution in [0.15, 0.2) is 84.9 Å². The molecule has 0 saturated heterocycles. The molecule has 13 heteroatoms. The minimum atomic E-state index is -1.26. The highest BCUT2D eigenvalue weighted by molar-refractivity contribution is 5.90. The summed E-state index contributed by atoms with van der Waals surface area (Å²) in [7, 11) is 4.43. The molecule has 1 aliphatic heterocycles. The topological polar surface area (TPSA) is 178 Å². The Kier molecular flexibility index (Phi) is 15.0. The van der Waals surface area contributed by atoms with Crippen LogP contribution in [0.2, 0.25) is 0 Å². The molecule has 1 heterocycles. The lowest BCUT2D eigenvalue weighted by Crippen LogP contribution is -2.56. The third-order valence-electron chi connectivity index (χ3n) is 7.86. The van der Waals surface area contributed by atoms with Crippen molar-refractivity contribution in [1.29, 1.82) is 0 Å². The molecule has 1 aliphatic rings. The second-order valence-corrected chi connectivity index (χ2v) is 11.3. The number of aryl methyl sites for hydroxylation is 1. The van der Waals surface area contributed by atoms with Crippen LogP contribution in [0.3, 0.4) is 0 Å². The van der Waals surface area contributed by atoms with Gasteiger partial charge in [-0.1, -0.05) is 60.7 Å². The molecule has 3 aromatic rings. The minimum Gasteiger partial charge on any atom is -0.493 e. The molecule has 0 radical (unpaired) electrons. The lowest BCUT2D eigenvalue weighted by molar-refractivity contribution is -0.158. The number of carboxylic acids is 2. The molecule has 0 spiro atoms. The van der Waals surface area contributed by atoms with Gasteiger partial charge >= 0.3 is 23.9 Å². The van der Waals surface area contributed by atoms with E-state index in [1.165, 1.54) is 12.0 Å². The zero-order chi connectivity index (χ0) is 36.6. The number of fused-ring (bicyclic) bond motifs is 1. The molecular formula is C37H42N2O11. The van der Waals surface area contributed by atoms with Crippen molar-refractivity contribution in [2.75, 3.05) is 21.3 Å². The molecule has 1 unspecified atom stereocenters. The summed E-state index contributed by atoms with van der Waals surface area (Å²) in [6.45, 7) is 1.95. The number of carboxylic acid groups (broad SMARTS) is 2. The highest BCUT2D eigenvalue weighted by atomic mass is 16.5. The van der Waals surface area contributed by atoms with Gasteiger partial charge in [0.2, 0.25) is 5.91 Å². The van der Waals surface area contributed by atoms with Crippen molar-refractivity contribution in [1.82, 2.24) is 10.2 Å². The molecule has 0 bridgehead atoms. The number of hydrogen-bond acceptors (Lipinski definition) is 10. The van der Waals surface area contributed by atoms with Crippen LogP contribution in [-0.4, -0.2) is 84.4 Å². The van der Waals surface area contributed by atoms with Crippen LogP contribution < -0.4 is 14.8 Å². The van der Waals surface area contributed by atoms with E-state index in [0.29, 0.717) is 36.5 Å². The van der Waals surface area contributed by atoms with Crippen LogP contribution >= 0.6 is 0 Å². The smallest absolute Gasteiger partial charge is 0.329 e. The number of esters is 2. The van der Waals surface area contributed by atoms with Crippen LogP contribution in [-0.2, 0) is 59.4 Å². The van der Waals surface area contributed by atoms with E-state index in [1.54, 1.807) is 21.1 Å². The van der Waals surface area contributed by atoms with E-state index in [4.69, 9.17) is 29.2 Å². The largest absolute Gasteiger partial charge is 0.493 e. The zero-order valence-electron chi connectivity index (χ0n) is 28.4. The Bertz CT molecular complexity index is 1630. The van der Waals surface area contributed by atoms with Gasteiger partial charge < -0.3 is 34.1 Å². The fourth-order valence-corrected chi connectivity index (χ4v) is 5.31. The Balaban J connectivity index is 0.000000753. The van der Waals surface area contributed by atoms with Gasteiger partial charge in [0, 0.05) is 25.1 Å². The number of nitrogens with one attached hydrogen (secondary N) is 1. The number of aliphatic carboxylic acids is 2. The summed E-state index contributed by atoms with van der Waals surface area (Å²) in [5.74, 6) is -2.72. The second kappa shape index (κ2) is 19.3. The van der Waals surface area contributed by atoms with Gasteiger partial charge in [0.15, 0.2) is 11.5 Å². The van der Waals surface area contributed by atoms with Crippen molar-refractivity contribution in [2.45, 2.75) is 57.5 Å². The van der Waals surface area contributed by atoms with Crippen LogP contribution in [0.4, 0.5) is 0 Å². The first-order valence-corrected chi connectivity index (χ1v) is 15.7. The van der Waals surface area contributed by atoms with Crippen molar-refractivity contribution >= 4 is 29.8 Å². The number of rotatable bonds is 14. The van der Waals surface area contributed by atoms with Gasteiger partial charge in [-0.25, -0.2) is 14.4 Å². The van der Waals surface area contributed by atoms with Gasteiger partial charge in [0.1, 0.15) is 18.7 Å². The number of carbonyl (C=O) groups is 5. The van der Waals surface area contributed by atoms with Gasteiger partial charge in [-0.15, -0.1) is 0 Å². The standard InChI is InChI=1S/C33H38N2O7.C4H4O4/c1-22(34-27(32(37)41-4)16-15-23-11-7-5-8-12-23)31(36)35-20-26-19-30(40-3)29(39-2)18-25(26)17-28(35)33(38)42-21-24-13-9-6-10-14-24;5-3(6)1-2-4(7)8/h5-14,18-19,22,27-28,34H,15-17,20-21H2,1-4H3;1-2H,(H,5,6)(H,7,8)/b;2-1-/t22-,27?,28-;/m0./s1. The fourth-order valence-electron chi connectivity index (χ4n) is 5.31. The average molecular weight is 691 g/mol. The first-order valence-electron chi connectivity index (χ1n) is 15.7. The van der Waals surface area contributed by atoms with E-state index in [0.717, 1.165) is 22.3 Å². The first kappa shape index (κ1) is 38.8. The summed E-state index contributed by atoms with van der Waals surface area (Å²) in [5, 5.41) is 18.8. The Morgan fingerprint density at radius 2 is 1.38 bits per heavy atom. The third-order valence-corrected chi connectivity index (χ3v) is 7.86. The molecule has 266 valence electrons. The number of methoxy groups -OCH3 is 3. The van der Waals surface area contributed by atoms with Gasteiger partial charge in [-0.3, -0.25) is 14.9 Å². The predicted molar refractivity (Wildman–Crippen MR) is 181 cm³/mol. The average Bonchev–Trinajstić information content (AvgIpc) is 3.13. The molecule has 3 atom stereocenters. The van der Waals surface area contributed by atoms with Gasteiger partial charge in [-0.2, -0.15) is 0 Å². The molecule has 0 saturated carbocycles. The van der Waals surface area contributed by atoms with E-state index in [2.05, 4.69) is 5.32 Å². The molecular weight excluding hydrogens is 648 g/mol. The maximum atomic E-state index is 13.9. The van der Waals surface area contributed by atoms with E-state index in [1.807, 2.05) is 72.8 Å². The molecule has 0 fully saturated rings. The van der Waals surface area contributed by atoms with Gasteiger partial charge in [0.25, 0.3) is 0 Å². The molecule has 3 aromatic carbocycles. The van der Waals surface area contributed by atoms with Gasteiger partial charge in [0.05, 0.1) is 27.4 Å². The molecule has 13 nitrogen and oxygen atoms in total. The number of amides is 1. The summed E-state index contributed by atoms with van der Waals surface area (Å²) in [6.07, 6.45) is 2.43. The Morgan fingerprint density at radius 3 is 1.90 bits per heavy atom. The third kappa shape index (κ3) is 11.5. The number of hydrogen-bond donors (Lipinski definition) is 3. The normalized spacial score (nSPS) is 14.6. The summed E-state index contributed by atoms with van der Waals surface area (Å²) in [5.41, 5.74) is 3.63. The Morgan fingerprint density at radius 1 is 0.840 bits per heavy atom. The molecule has 50 heavy (non-hydrogen) atoms. The minimum absolute atomic E-state index is 0.0920. The molecule has 3 N–H and O–H groups in total. The number of benzene rings is 3. The van der Waals surface area contributed by atoms with Crippen LogP contribution in [0.1, 0.15) is 35.6 Å². The molecule has 0 aliphatic carbocycles. The highest BCUT2D eigenvalue weighted by Crippen LogP contribution is 2.35. The summed E-state index contributed by atoms with van der Waals surface area (Å²) in [6, 6.07) is 20.5. The zero-order valence-corrected chi connectivity index (χ0v) is 28.4. The monoisotopic (exact) mass is 690 g/mol. The van der Waals surface area contributed by atoms with E-state index in [9.17, 15) is 24.0 Å². The first-order chi connectivity index (χ1) is 24.0. The number of nitrogens with zero attached hydrogens (tertiary/aromatic N) is 1. The summed E-state index contributed by atoms with van der Waals surface area (Å²) < 4.78 is 21.7. The molecule has 0 aromatic heterocycles. The molecule has 1 amide bonds. The quantitative estimate of drug-likeness (QED) is 0.166. The maximum Gasteiger partial charge on any atom is 0.329 e. The Labute approximate surface area is 290 Å². The predicted octanol–water partition coefficient (Wildman–Crippen LogP) is 3.56. The van der Waals surface area contributed by atoms with E-state index in [-0.39, 0.29) is 25.5 Å². The number of ether oxygens (including phenoxy) is 4. The lowest BCUT2D eigenvalue weighted by Gasteiger charge is -2.37. The summed E-state index contributed by atoms with van der Waals surface area (Å²) in [4.78, 5) is 60.7. The maximum absolute atomic E-state index is 13.9. The van der Waals surface area contributed by atoms with E-state index >= 15 is 0 Å². The van der Waals surface area contributed by atoms with Crippen molar-refractivity contribution in [3.63, 3.8) is 0 Å². The van der Waals surface area contributed by atoms with Crippen molar-refractivity contribution < 1.29 is 53.1 Å². The summed E-state index contributed by atoms with van der Waals surface area (Å²) >= 11 is 0.